The maximum absolute atomic E-state index is 6.19. The maximum Gasteiger partial charge on any atom is 0.0466 e. The Morgan fingerprint density at radius 2 is 2.00 bits per heavy atom. The quantitative estimate of drug-likeness (QED) is 0.744. The number of ether oxygens (including phenoxy) is 1. The summed E-state index contributed by atoms with van der Waals surface area (Å²) < 4.78 is 5.34. The minimum atomic E-state index is 0.154. The van der Waals surface area contributed by atoms with Crippen molar-refractivity contribution in [3.8, 4) is 0 Å². The third-order valence-electron chi connectivity index (χ3n) is 3.95. The van der Waals surface area contributed by atoms with Crippen molar-refractivity contribution in [2.45, 2.75) is 51.0 Å². The van der Waals surface area contributed by atoms with E-state index in [9.17, 15) is 0 Å². The highest BCUT2D eigenvalue weighted by Gasteiger charge is 2.19. The lowest BCUT2D eigenvalue weighted by Crippen LogP contribution is -2.12. The lowest BCUT2D eigenvalue weighted by molar-refractivity contribution is 0.142. The first-order valence-corrected chi connectivity index (χ1v) is 7.24. The Kier molecular flexibility index (Phi) is 5.21. The van der Waals surface area contributed by atoms with Gasteiger partial charge in [-0.2, -0.15) is 0 Å². The molecule has 1 unspecified atom stereocenters. The van der Waals surface area contributed by atoms with E-state index in [-0.39, 0.29) is 6.04 Å². The van der Waals surface area contributed by atoms with Gasteiger partial charge < -0.3 is 10.5 Å². The van der Waals surface area contributed by atoms with Crippen molar-refractivity contribution in [2.24, 2.45) is 5.73 Å². The van der Waals surface area contributed by atoms with E-state index < -0.39 is 0 Å². The first-order chi connectivity index (χ1) is 8.81. The molecule has 0 amide bonds. The summed E-state index contributed by atoms with van der Waals surface area (Å²) in [6, 6.07) is 9.10. The smallest absolute Gasteiger partial charge is 0.0466 e. The molecule has 2 rings (SSSR count). The SMILES string of the molecule is CCOCCCC(N)c1ccc(C2CCC2)cc1. The number of nitrogens with two attached hydrogens (primary N) is 1. The second-order valence-electron chi connectivity index (χ2n) is 5.24. The minimum Gasteiger partial charge on any atom is -0.382 e. The summed E-state index contributed by atoms with van der Waals surface area (Å²) in [6.45, 7) is 3.65. The monoisotopic (exact) mass is 247 g/mol. The second-order valence-corrected chi connectivity index (χ2v) is 5.24. The van der Waals surface area contributed by atoms with Crippen LogP contribution in [0.15, 0.2) is 24.3 Å². The third kappa shape index (κ3) is 3.56. The molecule has 1 atom stereocenters. The molecule has 0 aliphatic heterocycles. The molecule has 1 aromatic rings. The summed E-state index contributed by atoms with van der Waals surface area (Å²) in [5.74, 6) is 0.813. The van der Waals surface area contributed by atoms with Gasteiger partial charge in [-0.05, 0) is 49.7 Å². The highest BCUT2D eigenvalue weighted by atomic mass is 16.5. The molecule has 1 fully saturated rings. The van der Waals surface area contributed by atoms with Gasteiger partial charge >= 0.3 is 0 Å². The van der Waals surface area contributed by atoms with Gasteiger partial charge in [-0.25, -0.2) is 0 Å². The van der Waals surface area contributed by atoms with Gasteiger partial charge in [0.1, 0.15) is 0 Å². The summed E-state index contributed by atoms with van der Waals surface area (Å²) in [6.07, 6.45) is 6.16. The Bertz CT molecular complexity index is 343. The van der Waals surface area contributed by atoms with Gasteiger partial charge in [-0.3, -0.25) is 0 Å². The lowest BCUT2D eigenvalue weighted by Gasteiger charge is -2.26. The summed E-state index contributed by atoms with van der Waals surface area (Å²) >= 11 is 0. The summed E-state index contributed by atoms with van der Waals surface area (Å²) in [4.78, 5) is 0. The van der Waals surface area contributed by atoms with Gasteiger partial charge in [-0.15, -0.1) is 0 Å². The van der Waals surface area contributed by atoms with Crippen LogP contribution in [0.5, 0.6) is 0 Å². The predicted octanol–water partition coefficient (Wildman–Crippen LogP) is 3.77. The van der Waals surface area contributed by atoms with Crippen molar-refractivity contribution < 1.29 is 4.74 Å². The van der Waals surface area contributed by atoms with Crippen LogP contribution in [0.3, 0.4) is 0 Å². The second kappa shape index (κ2) is 6.91. The average molecular weight is 247 g/mol. The molecule has 18 heavy (non-hydrogen) atoms. The van der Waals surface area contributed by atoms with Gasteiger partial charge in [-0.1, -0.05) is 30.7 Å². The van der Waals surface area contributed by atoms with Crippen LogP contribution < -0.4 is 5.73 Å². The molecule has 1 aromatic carbocycles. The zero-order valence-corrected chi connectivity index (χ0v) is 11.4. The van der Waals surface area contributed by atoms with E-state index in [0.29, 0.717) is 0 Å². The molecule has 2 heteroatoms. The summed E-state index contributed by atoms with van der Waals surface area (Å²) in [5, 5.41) is 0. The Morgan fingerprint density at radius 1 is 1.28 bits per heavy atom. The molecule has 0 radical (unpaired) electrons. The van der Waals surface area contributed by atoms with Crippen LogP contribution >= 0.6 is 0 Å². The van der Waals surface area contributed by atoms with E-state index in [1.165, 1.54) is 30.4 Å². The zero-order chi connectivity index (χ0) is 12.8. The predicted molar refractivity (Wildman–Crippen MR) is 75.7 cm³/mol. The molecule has 1 aliphatic carbocycles. The van der Waals surface area contributed by atoms with Gasteiger partial charge in [0, 0.05) is 19.3 Å². The van der Waals surface area contributed by atoms with Crippen molar-refractivity contribution in [3.63, 3.8) is 0 Å². The zero-order valence-electron chi connectivity index (χ0n) is 11.4. The molecular weight excluding hydrogens is 222 g/mol. The van der Waals surface area contributed by atoms with E-state index in [1.54, 1.807) is 0 Å². The van der Waals surface area contributed by atoms with Crippen LogP contribution in [0.2, 0.25) is 0 Å². The van der Waals surface area contributed by atoms with Crippen LogP contribution in [0.1, 0.15) is 62.1 Å². The molecule has 2 N–H and O–H groups in total. The fraction of sp³-hybridized carbons (Fsp3) is 0.625. The number of benzene rings is 1. The molecule has 0 heterocycles. The van der Waals surface area contributed by atoms with Crippen molar-refractivity contribution in [3.05, 3.63) is 35.4 Å². The van der Waals surface area contributed by atoms with Gasteiger partial charge in [0.25, 0.3) is 0 Å². The number of rotatable bonds is 7. The Morgan fingerprint density at radius 3 is 2.56 bits per heavy atom. The first kappa shape index (κ1) is 13.6. The topological polar surface area (TPSA) is 35.2 Å². The molecule has 0 bridgehead atoms. The van der Waals surface area contributed by atoms with Gasteiger partial charge in [0.2, 0.25) is 0 Å². The Hall–Kier alpha value is -0.860. The fourth-order valence-electron chi connectivity index (χ4n) is 2.47. The maximum atomic E-state index is 6.19. The number of hydrogen-bond acceptors (Lipinski definition) is 2. The van der Waals surface area contributed by atoms with Crippen molar-refractivity contribution in [1.82, 2.24) is 0 Å². The number of hydrogen-bond donors (Lipinski definition) is 1. The fourth-order valence-corrected chi connectivity index (χ4v) is 2.47. The van der Waals surface area contributed by atoms with Crippen LogP contribution in [0.25, 0.3) is 0 Å². The largest absolute Gasteiger partial charge is 0.382 e. The summed E-state index contributed by atoms with van der Waals surface area (Å²) in [5.41, 5.74) is 8.95. The van der Waals surface area contributed by atoms with Crippen LogP contribution in [-0.4, -0.2) is 13.2 Å². The van der Waals surface area contributed by atoms with E-state index in [4.69, 9.17) is 10.5 Å². The standard InChI is InChI=1S/C16H25NO/c1-2-18-12-4-7-16(17)15-10-8-14(9-11-15)13-5-3-6-13/h8-11,13,16H,2-7,12,17H2,1H3. The molecule has 0 aromatic heterocycles. The van der Waals surface area contributed by atoms with Crippen molar-refractivity contribution in [1.29, 1.82) is 0 Å². The van der Waals surface area contributed by atoms with E-state index in [0.717, 1.165) is 32.0 Å². The summed E-state index contributed by atoms with van der Waals surface area (Å²) in [7, 11) is 0. The van der Waals surface area contributed by atoms with Crippen molar-refractivity contribution in [2.75, 3.05) is 13.2 Å². The molecule has 2 nitrogen and oxygen atoms in total. The normalized spacial score (nSPS) is 17.4. The Labute approximate surface area is 111 Å². The third-order valence-corrected chi connectivity index (χ3v) is 3.95. The first-order valence-electron chi connectivity index (χ1n) is 7.24. The van der Waals surface area contributed by atoms with Gasteiger partial charge in [0.05, 0.1) is 0 Å². The highest BCUT2D eigenvalue weighted by Crippen LogP contribution is 2.36. The van der Waals surface area contributed by atoms with Gasteiger partial charge in [0.15, 0.2) is 0 Å². The lowest BCUT2D eigenvalue weighted by atomic mass is 9.80. The Balaban J connectivity index is 1.80. The van der Waals surface area contributed by atoms with E-state index >= 15 is 0 Å². The van der Waals surface area contributed by atoms with Crippen LogP contribution in [0, 0.1) is 0 Å². The highest BCUT2D eigenvalue weighted by molar-refractivity contribution is 5.28. The van der Waals surface area contributed by atoms with E-state index in [2.05, 4.69) is 24.3 Å². The van der Waals surface area contributed by atoms with Crippen molar-refractivity contribution >= 4 is 0 Å². The van der Waals surface area contributed by atoms with Crippen LogP contribution in [-0.2, 0) is 4.74 Å². The molecular formula is C16H25NO. The molecule has 1 aliphatic rings. The molecule has 0 saturated heterocycles. The average Bonchev–Trinajstić information content (AvgIpc) is 2.33. The molecule has 100 valence electrons. The van der Waals surface area contributed by atoms with Crippen LogP contribution in [0.4, 0.5) is 0 Å². The minimum absolute atomic E-state index is 0.154. The van der Waals surface area contributed by atoms with E-state index in [1.807, 2.05) is 6.92 Å². The molecule has 1 saturated carbocycles. The molecule has 0 spiro atoms.